The highest BCUT2D eigenvalue weighted by Gasteiger charge is 2.13. The van der Waals surface area contributed by atoms with Gasteiger partial charge in [0.25, 0.3) is 0 Å². The Balaban J connectivity index is 2.83. The molecule has 0 aromatic heterocycles. The molecule has 0 heterocycles. The van der Waals surface area contributed by atoms with Crippen molar-refractivity contribution in [1.29, 1.82) is 0 Å². The molecule has 1 aromatic rings. The summed E-state index contributed by atoms with van der Waals surface area (Å²) >= 11 is 0. The quantitative estimate of drug-likeness (QED) is 0.490. The predicted molar refractivity (Wildman–Crippen MR) is 82.8 cm³/mol. The molecule has 0 saturated heterocycles. The molecule has 1 aromatic carbocycles. The van der Waals surface area contributed by atoms with Crippen LogP contribution in [0.5, 0.6) is 5.75 Å². The first-order valence-electron chi connectivity index (χ1n) is 6.74. The number of hydrogen-bond donors (Lipinski definition) is 2. The van der Waals surface area contributed by atoms with Gasteiger partial charge >= 0.3 is 5.97 Å². The molecule has 0 saturated carbocycles. The summed E-state index contributed by atoms with van der Waals surface area (Å²) in [4.78, 5) is 15.9. The number of guanidine groups is 1. The largest absolute Gasteiger partial charge is 0.496 e. The van der Waals surface area contributed by atoms with Crippen LogP contribution >= 0.6 is 0 Å². The van der Waals surface area contributed by atoms with E-state index in [9.17, 15) is 4.79 Å². The zero-order valence-corrected chi connectivity index (χ0v) is 13.2. The first-order valence-corrected chi connectivity index (χ1v) is 6.74. The van der Waals surface area contributed by atoms with Crippen LogP contribution in [0.3, 0.4) is 0 Å². The van der Waals surface area contributed by atoms with Crippen molar-refractivity contribution in [1.82, 2.24) is 10.6 Å². The number of nitrogens with one attached hydrogen (secondary N) is 2. The monoisotopic (exact) mass is 293 g/mol. The second-order valence-corrected chi connectivity index (χ2v) is 4.75. The number of benzene rings is 1. The van der Waals surface area contributed by atoms with Crippen molar-refractivity contribution in [2.45, 2.75) is 26.4 Å². The van der Waals surface area contributed by atoms with E-state index >= 15 is 0 Å². The van der Waals surface area contributed by atoms with Crippen LogP contribution in [0.25, 0.3) is 0 Å². The van der Waals surface area contributed by atoms with Crippen LogP contribution in [0.2, 0.25) is 0 Å². The number of rotatable bonds is 5. The molecule has 116 valence electrons. The molecule has 21 heavy (non-hydrogen) atoms. The Morgan fingerprint density at radius 2 is 2.05 bits per heavy atom. The summed E-state index contributed by atoms with van der Waals surface area (Å²) in [5, 5.41) is 6.38. The molecule has 6 heteroatoms. The van der Waals surface area contributed by atoms with Crippen LogP contribution in [0.15, 0.2) is 23.2 Å². The van der Waals surface area contributed by atoms with Gasteiger partial charge in [-0.05, 0) is 31.5 Å². The third kappa shape index (κ3) is 4.98. The Morgan fingerprint density at radius 1 is 1.33 bits per heavy atom. The molecule has 0 aliphatic heterocycles. The van der Waals surface area contributed by atoms with Crippen LogP contribution in [-0.4, -0.2) is 39.2 Å². The maximum atomic E-state index is 11.7. The zero-order valence-electron chi connectivity index (χ0n) is 13.2. The molecule has 6 nitrogen and oxygen atoms in total. The Morgan fingerprint density at radius 3 is 2.57 bits per heavy atom. The molecule has 0 atom stereocenters. The summed E-state index contributed by atoms with van der Waals surface area (Å²) in [7, 11) is 4.58. The number of aliphatic imine (C=N–C) groups is 1. The van der Waals surface area contributed by atoms with E-state index in [0.717, 1.165) is 5.56 Å². The Hall–Kier alpha value is -2.24. The highest BCUT2D eigenvalue weighted by atomic mass is 16.5. The Labute approximate surface area is 125 Å². The first-order chi connectivity index (χ1) is 10.0. The maximum Gasteiger partial charge on any atom is 0.341 e. The summed E-state index contributed by atoms with van der Waals surface area (Å²) in [6.07, 6.45) is 0. The van der Waals surface area contributed by atoms with Gasteiger partial charge in [0.05, 0.1) is 14.2 Å². The number of esters is 1. The minimum absolute atomic E-state index is 0.290. The van der Waals surface area contributed by atoms with E-state index < -0.39 is 5.97 Å². The van der Waals surface area contributed by atoms with Crippen LogP contribution in [-0.2, 0) is 11.3 Å². The van der Waals surface area contributed by atoms with Gasteiger partial charge in [0.15, 0.2) is 5.96 Å². The molecule has 0 radical (unpaired) electrons. The summed E-state index contributed by atoms with van der Waals surface area (Å²) in [6, 6.07) is 5.68. The maximum absolute atomic E-state index is 11.7. The molecule has 0 bridgehead atoms. The highest BCUT2D eigenvalue weighted by molar-refractivity contribution is 5.92. The molecule has 0 aliphatic rings. The molecule has 0 fully saturated rings. The summed E-state index contributed by atoms with van der Waals surface area (Å²) < 4.78 is 9.92. The summed E-state index contributed by atoms with van der Waals surface area (Å²) in [6.45, 7) is 4.62. The van der Waals surface area contributed by atoms with E-state index in [0.29, 0.717) is 23.8 Å². The minimum Gasteiger partial charge on any atom is -0.496 e. The SMILES string of the molecule is CN=C(NCc1ccc(OC)c(C(=O)OC)c1)NC(C)C. The van der Waals surface area contributed by atoms with E-state index in [4.69, 9.17) is 9.47 Å². The van der Waals surface area contributed by atoms with Crippen molar-refractivity contribution in [3.8, 4) is 5.75 Å². The van der Waals surface area contributed by atoms with Crippen molar-refractivity contribution in [3.63, 3.8) is 0 Å². The van der Waals surface area contributed by atoms with Gasteiger partial charge in [-0.2, -0.15) is 0 Å². The van der Waals surface area contributed by atoms with Gasteiger partial charge < -0.3 is 20.1 Å². The number of carbonyl (C=O) groups is 1. The molecule has 0 aliphatic carbocycles. The van der Waals surface area contributed by atoms with Gasteiger partial charge in [0.1, 0.15) is 11.3 Å². The van der Waals surface area contributed by atoms with Gasteiger partial charge in [-0.3, -0.25) is 4.99 Å². The number of methoxy groups -OCH3 is 2. The highest BCUT2D eigenvalue weighted by Crippen LogP contribution is 2.20. The number of hydrogen-bond acceptors (Lipinski definition) is 4. The lowest BCUT2D eigenvalue weighted by Crippen LogP contribution is -2.40. The lowest BCUT2D eigenvalue weighted by molar-refractivity contribution is 0.0597. The van der Waals surface area contributed by atoms with E-state index in [1.807, 2.05) is 19.9 Å². The van der Waals surface area contributed by atoms with Gasteiger partial charge in [0.2, 0.25) is 0 Å². The smallest absolute Gasteiger partial charge is 0.341 e. The van der Waals surface area contributed by atoms with Crippen molar-refractivity contribution in [2.75, 3.05) is 21.3 Å². The van der Waals surface area contributed by atoms with Crippen molar-refractivity contribution in [2.24, 2.45) is 4.99 Å². The molecule has 1 rings (SSSR count). The van der Waals surface area contributed by atoms with Gasteiger partial charge in [-0.15, -0.1) is 0 Å². The topological polar surface area (TPSA) is 72.0 Å². The summed E-state index contributed by atoms with van der Waals surface area (Å²) in [5.41, 5.74) is 1.34. The van der Waals surface area contributed by atoms with Gasteiger partial charge in [-0.1, -0.05) is 6.07 Å². The Kier molecular flexibility index (Phi) is 6.52. The fraction of sp³-hybridized carbons (Fsp3) is 0.467. The fourth-order valence-electron chi connectivity index (χ4n) is 1.79. The van der Waals surface area contributed by atoms with E-state index in [2.05, 4.69) is 15.6 Å². The van der Waals surface area contributed by atoms with Crippen LogP contribution in [0, 0.1) is 0 Å². The van der Waals surface area contributed by atoms with Gasteiger partial charge in [-0.25, -0.2) is 4.79 Å². The van der Waals surface area contributed by atoms with Crippen LogP contribution in [0.1, 0.15) is 29.8 Å². The fourth-order valence-corrected chi connectivity index (χ4v) is 1.79. The summed E-state index contributed by atoms with van der Waals surface area (Å²) in [5.74, 6) is 0.786. The van der Waals surface area contributed by atoms with E-state index in [1.165, 1.54) is 14.2 Å². The van der Waals surface area contributed by atoms with Crippen LogP contribution < -0.4 is 15.4 Å². The standard InChI is InChI=1S/C15H23N3O3/c1-10(2)18-15(16-3)17-9-11-6-7-13(20-4)12(8-11)14(19)21-5/h6-8,10H,9H2,1-5H3,(H2,16,17,18). The second-order valence-electron chi connectivity index (χ2n) is 4.75. The van der Waals surface area contributed by atoms with E-state index in [1.54, 1.807) is 19.2 Å². The lowest BCUT2D eigenvalue weighted by Gasteiger charge is -2.15. The molecular formula is C15H23N3O3. The second kappa shape index (κ2) is 8.14. The Bertz CT molecular complexity index is 513. The molecule has 0 amide bonds. The molecule has 2 N–H and O–H groups in total. The first kappa shape index (κ1) is 16.8. The zero-order chi connectivity index (χ0) is 15.8. The molecule has 0 unspecified atom stereocenters. The predicted octanol–water partition coefficient (Wildman–Crippen LogP) is 1.56. The normalized spacial score (nSPS) is 11.2. The van der Waals surface area contributed by atoms with E-state index in [-0.39, 0.29) is 6.04 Å². The number of nitrogens with zero attached hydrogens (tertiary/aromatic N) is 1. The molecule has 0 spiro atoms. The van der Waals surface area contributed by atoms with Gasteiger partial charge in [0, 0.05) is 19.6 Å². The van der Waals surface area contributed by atoms with Crippen molar-refractivity contribution in [3.05, 3.63) is 29.3 Å². The van der Waals surface area contributed by atoms with Crippen molar-refractivity contribution < 1.29 is 14.3 Å². The number of carbonyl (C=O) groups excluding carboxylic acids is 1. The number of ether oxygens (including phenoxy) is 2. The average Bonchev–Trinajstić information content (AvgIpc) is 2.49. The average molecular weight is 293 g/mol. The third-order valence-corrected chi connectivity index (χ3v) is 2.78. The lowest BCUT2D eigenvalue weighted by atomic mass is 10.1. The van der Waals surface area contributed by atoms with Crippen LogP contribution in [0.4, 0.5) is 0 Å². The third-order valence-electron chi connectivity index (χ3n) is 2.78. The minimum atomic E-state index is -0.418. The molecular weight excluding hydrogens is 270 g/mol. The van der Waals surface area contributed by atoms with Crippen molar-refractivity contribution >= 4 is 11.9 Å².